The fraction of sp³-hybridized carbons (Fsp3) is 0.300. The molecule has 1 atom stereocenters. The normalized spacial score (nSPS) is 20.7. The maximum absolute atomic E-state index is 13.9. The van der Waals surface area contributed by atoms with Crippen LogP contribution < -0.4 is 25.7 Å². The third-order valence-corrected chi connectivity index (χ3v) is 5.43. The molecule has 2 aromatic carbocycles. The van der Waals surface area contributed by atoms with Gasteiger partial charge < -0.3 is 20.3 Å². The molecule has 3 heterocycles. The average molecular weight is 399 g/mol. The van der Waals surface area contributed by atoms with Crippen LogP contribution in [-0.2, 0) is 4.79 Å². The largest absolute Gasteiger partial charge is 0.483 e. The number of nitrogens with one attached hydrogen (secondary N) is 3. The van der Waals surface area contributed by atoms with Gasteiger partial charge in [0, 0.05) is 24.3 Å². The number of ether oxygens (including phenoxy) is 1. The number of hydrogen-bond acceptors (Lipinski definition) is 6. The lowest BCUT2D eigenvalue weighted by molar-refractivity contribution is -0.122. The number of amides is 1. The Morgan fingerprint density at radius 3 is 2.76 bits per heavy atom. The molecule has 9 heteroatoms. The minimum atomic E-state index is -0.909. The van der Waals surface area contributed by atoms with Gasteiger partial charge in [0.05, 0.1) is 11.7 Å². The molecule has 3 N–H and O–H groups in total. The minimum Gasteiger partial charge on any atom is -0.483 e. The van der Waals surface area contributed by atoms with Crippen molar-refractivity contribution in [3.8, 4) is 16.9 Å². The fourth-order valence-corrected chi connectivity index (χ4v) is 3.70. The van der Waals surface area contributed by atoms with E-state index in [9.17, 15) is 13.6 Å². The number of fused-ring (bicyclic) bond motifs is 3. The maximum atomic E-state index is 13.9. The molecular formula is C20H19F2N5O2. The summed E-state index contributed by atoms with van der Waals surface area (Å²) in [5.74, 6) is -0.837. The number of rotatable bonds is 3. The lowest BCUT2D eigenvalue weighted by atomic mass is 9.99. The van der Waals surface area contributed by atoms with Gasteiger partial charge in [0.25, 0.3) is 5.91 Å². The highest BCUT2D eigenvalue weighted by atomic mass is 19.2. The molecule has 1 fully saturated rings. The van der Waals surface area contributed by atoms with E-state index in [2.05, 4.69) is 21.2 Å². The Morgan fingerprint density at radius 1 is 1.21 bits per heavy atom. The zero-order chi connectivity index (χ0) is 20.1. The quantitative estimate of drug-likeness (QED) is 0.737. The fourth-order valence-electron chi connectivity index (χ4n) is 3.70. The number of amidine groups is 1. The first-order valence-corrected chi connectivity index (χ1v) is 9.40. The van der Waals surface area contributed by atoms with E-state index in [0.717, 1.165) is 24.8 Å². The predicted molar refractivity (Wildman–Crippen MR) is 105 cm³/mol. The Labute approximate surface area is 165 Å². The van der Waals surface area contributed by atoms with Crippen LogP contribution in [-0.4, -0.2) is 43.5 Å². The zero-order valence-corrected chi connectivity index (χ0v) is 15.6. The van der Waals surface area contributed by atoms with Crippen LogP contribution in [0.4, 0.5) is 20.2 Å². The maximum Gasteiger partial charge on any atom is 0.262 e. The van der Waals surface area contributed by atoms with E-state index in [1.54, 1.807) is 13.0 Å². The molecule has 3 aliphatic rings. The first-order valence-electron chi connectivity index (χ1n) is 9.40. The smallest absolute Gasteiger partial charge is 0.262 e. The van der Waals surface area contributed by atoms with E-state index in [0.29, 0.717) is 28.4 Å². The third-order valence-electron chi connectivity index (χ3n) is 5.43. The average Bonchev–Trinajstić information content (AvgIpc) is 2.68. The second-order valence-corrected chi connectivity index (χ2v) is 7.33. The monoisotopic (exact) mass is 399 g/mol. The Morgan fingerprint density at radius 2 is 2.03 bits per heavy atom. The molecule has 7 nitrogen and oxygen atoms in total. The first-order chi connectivity index (χ1) is 14.0. The second-order valence-electron chi connectivity index (χ2n) is 7.33. The number of benzene rings is 2. The minimum absolute atomic E-state index is 0.203. The summed E-state index contributed by atoms with van der Waals surface area (Å²) in [5.41, 5.74) is 5.20. The molecule has 0 aliphatic carbocycles. The molecule has 0 aromatic heterocycles. The van der Waals surface area contributed by atoms with Crippen LogP contribution >= 0.6 is 0 Å². The van der Waals surface area contributed by atoms with Crippen LogP contribution in [0.1, 0.15) is 6.92 Å². The summed E-state index contributed by atoms with van der Waals surface area (Å²) in [6.45, 7) is 3.61. The van der Waals surface area contributed by atoms with Crippen molar-refractivity contribution in [2.75, 3.05) is 29.9 Å². The van der Waals surface area contributed by atoms with E-state index < -0.39 is 17.7 Å². The summed E-state index contributed by atoms with van der Waals surface area (Å²) >= 11 is 0. The van der Waals surface area contributed by atoms with Gasteiger partial charge in [0.15, 0.2) is 17.5 Å². The van der Waals surface area contributed by atoms with Crippen LogP contribution in [0.15, 0.2) is 35.4 Å². The summed E-state index contributed by atoms with van der Waals surface area (Å²) in [4.78, 5) is 14.0. The van der Waals surface area contributed by atoms with Crippen molar-refractivity contribution in [3.05, 3.63) is 42.0 Å². The van der Waals surface area contributed by atoms with Crippen LogP contribution in [0.25, 0.3) is 11.1 Å². The Balaban J connectivity index is 1.64. The standard InChI is InChI=1S/C20H19F2N5O2/c1-10-20(28)26-25-19-9-29-18-5-13(11-2-3-14(21)15(22)4-11)16(6-17(18)27(10)19)24-12-7-23-8-12/h2-6,10,12,23-24H,7-9H2,1H3,(H,26,28). The van der Waals surface area contributed by atoms with Crippen molar-refractivity contribution in [2.45, 2.75) is 19.0 Å². The molecule has 1 saturated heterocycles. The van der Waals surface area contributed by atoms with Crippen LogP contribution in [0.5, 0.6) is 5.75 Å². The molecule has 2 aromatic rings. The molecule has 0 spiro atoms. The highest BCUT2D eigenvalue weighted by Crippen LogP contribution is 2.43. The number of nitrogens with zero attached hydrogens (tertiary/aromatic N) is 2. The van der Waals surface area contributed by atoms with Crippen LogP contribution in [0.2, 0.25) is 0 Å². The van der Waals surface area contributed by atoms with Gasteiger partial charge in [-0.15, -0.1) is 0 Å². The number of hydrazone groups is 1. The van der Waals surface area contributed by atoms with Gasteiger partial charge in [0.1, 0.15) is 18.4 Å². The van der Waals surface area contributed by atoms with E-state index >= 15 is 0 Å². The van der Waals surface area contributed by atoms with Crippen LogP contribution in [0.3, 0.4) is 0 Å². The van der Waals surface area contributed by atoms with Crippen molar-refractivity contribution < 1.29 is 18.3 Å². The van der Waals surface area contributed by atoms with Gasteiger partial charge in [-0.25, -0.2) is 14.2 Å². The highest BCUT2D eigenvalue weighted by molar-refractivity contribution is 6.10. The molecule has 29 heavy (non-hydrogen) atoms. The lowest BCUT2D eigenvalue weighted by Gasteiger charge is -2.39. The zero-order valence-electron chi connectivity index (χ0n) is 15.6. The SMILES string of the molecule is CC1C(=O)NN=C2COc3cc(-c4ccc(F)c(F)c4)c(NC4CNC4)cc3N21. The lowest BCUT2D eigenvalue weighted by Crippen LogP contribution is -2.55. The van der Waals surface area contributed by atoms with Gasteiger partial charge in [-0.2, -0.15) is 5.10 Å². The molecule has 0 saturated carbocycles. The van der Waals surface area contributed by atoms with E-state index in [4.69, 9.17) is 4.74 Å². The number of carbonyl (C=O) groups is 1. The van der Waals surface area contributed by atoms with Crippen molar-refractivity contribution in [3.63, 3.8) is 0 Å². The van der Waals surface area contributed by atoms with Crippen molar-refractivity contribution >= 4 is 23.1 Å². The van der Waals surface area contributed by atoms with E-state index in [-0.39, 0.29) is 18.6 Å². The summed E-state index contributed by atoms with van der Waals surface area (Å²) < 4.78 is 33.2. The number of anilines is 2. The molecular weight excluding hydrogens is 380 g/mol. The van der Waals surface area contributed by atoms with E-state index in [1.807, 2.05) is 11.0 Å². The van der Waals surface area contributed by atoms with Crippen molar-refractivity contribution in [1.29, 1.82) is 0 Å². The van der Waals surface area contributed by atoms with Crippen LogP contribution in [0, 0.1) is 11.6 Å². The van der Waals surface area contributed by atoms with Gasteiger partial charge in [-0.05, 0) is 36.8 Å². The van der Waals surface area contributed by atoms with Gasteiger partial charge in [-0.3, -0.25) is 4.79 Å². The molecule has 0 bridgehead atoms. The number of halogens is 2. The highest BCUT2D eigenvalue weighted by Gasteiger charge is 2.36. The Kier molecular flexibility index (Phi) is 4.13. The van der Waals surface area contributed by atoms with Gasteiger partial charge in [0.2, 0.25) is 0 Å². The Bertz CT molecular complexity index is 1040. The topological polar surface area (TPSA) is 78.0 Å². The molecule has 1 unspecified atom stereocenters. The molecule has 1 amide bonds. The number of carbonyl (C=O) groups excluding carboxylic acids is 1. The van der Waals surface area contributed by atoms with Crippen molar-refractivity contribution in [2.24, 2.45) is 5.10 Å². The molecule has 0 radical (unpaired) electrons. The third kappa shape index (κ3) is 2.98. The predicted octanol–water partition coefficient (Wildman–Crippen LogP) is 2.05. The Hall–Kier alpha value is -3.20. The second kappa shape index (κ2) is 6.70. The summed E-state index contributed by atoms with van der Waals surface area (Å²) in [5, 5.41) is 10.7. The number of hydrogen-bond donors (Lipinski definition) is 3. The summed E-state index contributed by atoms with van der Waals surface area (Å²) in [6.07, 6.45) is 0. The summed E-state index contributed by atoms with van der Waals surface area (Å²) in [6, 6.07) is 7.28. The van der Waals surface area contributed by atoms with E-state index in [1.165, 1.54) is 12.1 Å². The van der Waals surface area contributed by atoms with Gasteiger partial charge >= 0.3 is 0 Å². The molecule has 5 rings (SSSR count). The summed E-state index contributed by atoms with van der Waals surface area (Å²) in [7, 11) is 0. The first kappa shape index (κ1) is 17.9. The van der Waals surface area contributed by atoms with Gasteiger partial charge in [-0.1, -0.05) is 6.07 Å². The molecule has 3 aliphatic heterocycles. The molecule has 150 valence electrons. The van der Waals surface area contributed by atoms with Crippen molar-refractivity contribution in [1.82, 2.24) is 10.7 Å².